The molecule has 112 valence electrons. The van der Waals surface area contributed by atoms with Gasteiger partial charge in [0, 0.05) is 28.5 Å². The first kappa shape index (κ1) is 14.6. The lowest BCUT2D eigenvalue weighted by molar-refractivity contribution is 0.331. The van der Waals surface area contributed by atoms with Gasteiger partial charge in [-0.15, -0.1) is 11.3 Å². The van der Waals surface area contributed by atoms with Gasteiger partial charge in [-0.1, -0.05) is 12.1 Å². The van der Waals surface area contributed by atoms with Crippen molar-refractivity contribution in [2.75, 3.05) is 18.4 Å². The Morgan fingerprint density at radius 3 is 2.67 bits per heavy atom. The summed E-state index contributed by atoms with van der Waals surface area (Å²) < 4.78 is 0. The fourth-order valence-electron chi connectivity index (χ4n) is 3.03. The standard InChI is InChI=1S/C18H24N2S/c1-14-10-17(15(2)21-14)12-19-18-7-5-6-16(11-18)13-20-8-3-4-9-20/h5-7,10-11,19H,3-4,8-9,12-13H2,1-2H3. The average Bonchev–Trinajstić information content (AvgIpc) is 3.07. The van der Waals surface area contributed by atoms with Crippen LogP contribution in [-0.2, 0) is 13.1 Å². The maximum absolute atomic E-state index is 3.57. The SMILES string of the molecule is Cc1cc(CNc2cccc(CN3CCCC3)c2)c(C)s1. The third-order valence-corrected chi connectivity index (χ3v) is 5.17. The lowest BCUT2D eigenvalue weighted by Gasteiger charge is -2.15. The number of likely N-dealkylation sites (tertiary alicyclic amines) is 1. The number of aryl methyl sites for hydroxylation is 2. The van der Waals surface area contributed by atoms with Crippen molar-refractivity contribution < 1.29 is 0 Å². The van der Waals surface area contributed by atoms with E-state index in [1.807, 2.05) is 11.3 Å². The summed E-state index contributed by atoms with van der Waals surface area (Å²) in [6.45, 7) is 8.90. The van der Waals surface area contributed by atoms with E-state index in [0.29, 0.717) is 0 Å². The summed E-state index contributed by atoms with van der Waals surface area (Å²) >= 11 is 1.88. The number of nitrogens with zero attached hydrogens (tertiary/aromatic N) is 1. The largest absolute Gasteiger partial charge is 0.381 e. The smallest absolute Gasteiger partial charge is 0.0411 e. The van der Waals surface area contributed by atoms with Crippen molar-refractivity contribution in [3.8, 4) is 0 Å². The summed E-state index contributed by atoms with van der Waals surface area (Å²) in [5.74, 6) is 0. The molecule has 2 nitrogen and oxygen atoms in total. The molecule has 0 aliphatic carbocycles. The molecule has 1 aliphatic rings. The van der Waals surface area contributed by atoms with Crippen LogP contribution in [0.1, 0.15) is 33.7 Å². The van der Waals surface area contributed by atoms with E-state index < -0.39 is 0 Å². The minimum Gasteiger partial charge on any atom is -0.381 e. The van der Waals surface area contributed by atoms with Crippen LogP contribution in [0.15, 0.2) is 30.3 Å². The molecule has 0 unspecified atom stereocenters. The molecule has 2 heterocycles. The number of benzene rings is 1. The second kappa shape index (κ2) is 6.63. The first-order valence-electron chi connectivity index (χ1n) is 7.82. The van der Waals surface area contributed by atoms with E-state index in [0.717, 1.165) is 13.1 Å². The molecule has 0 bridgehead atoms. The Hall–Kier alpha value is -1.32. The first-order valence-corrected chi connectivity index (χ1v) is 8.63. The average molecular weight is 300 g/mol. The molecule has 1 aromatic carbocycles. The Kier molecular flexibility index (Phi) is 4.61. The zero-order valence-electron chi connectivity index (χ0n) is 13.0. The van der Waals surface area contributed by atoms with Crippen molar-refractivity contribution in [1.82, 2.24) is 4.90 Å². The fourth-order valence-corrected chi connectivity index (χ4v) is 3.98. The Morgan fingerprint density at radius 2 is 1.95 bits per heavy atom. The first-order chi connectivity index (χ1) is 10.2. The number of nitrogens with one attached hydrogen (secondary N) is 1. The molecule has 1 fully saturated rings. The zero-order valence-corrected chi connectivity index (χ0v) is 13.8. The highest BCUT2D eigenvalue weighted by Crippen LogP contribution is 2.22. The highest BCUT2D eigenvalue weighted by molar-refractivity contribution is 7.12. The highest BCUT2D eigenvalue weighted by atomic mass is 32.1. The van der Waals surface area contributed by atoms with Crippen molar-refractivity contribution in [2.24, 2.45) is 0 Å². The van der Waals surface area contributed by atoms with Crippen LogP contribution in [0.25, 0.3) is 0 Å². The normalized spacial score (nSPS) is 15.5. The summed E-state index contributed by atoms with van der Waals surface area (Å²) in [6.07, 6.45) is 2.71. The van der Waals surface area contributed by atoms with Gasteiger partial charge >= 0.3 is 0 Å². The van der Waals surface area contributed by atoms with Crippen molar-refractivity contribution in [3.63, 3.8) is 0 Å². The third kappa shape index (κ3) is 3.86. The molecule has 1 aromatic heterocycles. The van der Waals surface area contributed by atoms with Gasteiger partial charge in [0.15, 0.2) is 0 Å². The molecule has 1 aliphatic heterocycles. The summed E-state index contributed by atoms with van der Waals surface area (Å²) in [6, 6.07) is 11.2. The van der Waals surface area contributed by atoms with E-state index in [1.54, 1.807) is 0 Å². The van der Waals surface area contributed by atoms with Crippen molar-refractivity contribution >= 4 is 17.0 Å². The predicted octanol–water partition coefficient (Wildman–Crippen LogP) is 4.57. The third-order valence-electron chi connectivity index (χ3n) is 4.16. The summed E-state index contributed by atoms with van der Waals surface area (Å²) in [5.41, 5.74) is 4.07. The molecule has 21 heavy (non-hydrogen) atoms. The maximum atomic E-state index is 3.57. The Labute approximate surface area is 131 Å². The van der Waals surface area contributed by atoms with Gasteiger partial charge in [0.2, 0.25) is 0 Å². The molecule has 0 amide bonds. The molecule has 1 saturated heterocycles. The van der Waals surface area contributed by atoms with E-state index in [9.17, 15) is 0 Å². The monoisotopic (exact) mass is 300 g/mol. The van der Waals surface area contributed by atoms with E-state index in [1.165, 1.54) is 52.5 Å². The van der Waals surface area contributed by atoms with Crippen molar-refractivity contribution in [1.29, 1.82) is 0 Å². The van der Waals surface area contributed by atoms with Crippen molar-refractivity contribution in [3.05, 3.63) is 51.2 Å². The molecule has 3 heteroatoms. The van der Waals surface area contributed by atoms with Crippen LogP contribution in [0, 0.1) is 13.8 Å². The van der Waals surface area contributed by atoms with E-state index in [-0.39, 0.29) is 0 Å². The summed E-state index contributed by atoms with van der Waals surface area (Å²) in [4.78, 5) is 5.37. The van der Waals surface area contributed by atoms with Crippen LogP contribution in [0.2, 0.25) is 0 Å². The van der Waals surface area contributed by atoms with Crippen LogP contribution in [0.5, 0.6) is 0 Å². The highest BCUT2D eigenvalue weighted by Gasteiger charge is 2.11. The molecule has 0 atom stereocenters. The van der Waals surface area contributed by atoms with E-state index in [4.69, 9.17) is 0 Å². The van der Waals surface area contributed by atoms with Crippen LogP contribution in [0.3, 0.4) is 0 Å². The summed E-state index contributed by atoms with van der Waals surface area (Å²) in [5, 5.41) is 3.57. The van der Waals surface area contributed by atoms with Crippen molar-refractivity contribution in [2.45, 2.75) is 39.8 Å². The number of anilines is 1. The molecular weight excluding hydrogens is 276 g/mol. The van der Waals surface area contributed by atoms with Gasteiger partial charge in [0.25, 0.3) is 0 Å². The lowest BCUT2D eigenvalue weighted by Crippen LogP contribution is -2.18. The number of thiophene rings is 1. The molecule has 1 N–H and O–H groups in total. The fraction of sp³-hybridized carbons (Fsp3) is 0.444. The topological polar surface area (TPSA) is 15.3 Å². The number of rotatable bonds is 5. The van der Waals surface area contributed by atoms with Gasteiger partial charge in [-0.05, 0) is 69.1 Å². The molecule has 0 saturated carbocycles. The van der Waals surface area contributed by atoms with Gasteiger partial charge in [0.05, 0.1) is 0 Å². The van der Waals surface area contributed by atoms with Gasteiger partial charge in [-0.25, -0.2) is 0 Å². The minimum absolute atomic E-state index is 0.920. The Balaban J connectivity index is 1.61. The van der Waals surface area contributed by atoms with Crippen LogP contribution >= 0.6 is 11.3 Å². The van der Waals surface area contributed by atoms with Gasteiger partial charge in [0.1, 0.15) is 0 Å². The molecule has 2 aromatic rings. The molecule has 3 rings (SSSR count). The molecule has 0 spiro atoms. The zero-order chi connectivity index (χ0) is 14.7. The van der Waals surface area contributed by atoms with E-state index in [2.05, 4.69) is 54.4 Å². The molecule has 0 radical (unpaired) electrons. The predicted molar refractivity (Wildman–Crippen MR) is 92.1 cm³/mol. The summed E-state index contributed by atoms with van der Waals surface area (Å²) in [7, 11) is 0. The van der Waals surface area contributed by atoms with Gasteiger partial charge < -0.3 is 5.32 Å². The number of hydrogen-bond acceptors (Lipinski definition) is 3. The van der Waals surface area contributed by atoms with Crippen LogP contribution < -0.4 is 5.32 Å². The lowest BCUT2D eigenvalue weighted by atomic mass is 10.2. The van der Waals surface area contributed by atoms with Crippen LogP contribution in [0.4, 0.5) is 5.69 Å². The number of hydrogen-bond donors (Lipinski definition) is 1. The second-order valence-electron chi connectivity index (χ2n) is 5.98. The van der Waals surface area contributed by atoms with Gasteiger partial charge in [-0.2, -0.15) is 0 Å². The quantitative estimate of drug-likeness (QED) is 0.870. The van der Waals surface area contributed by atoms with E-state index >= 15 is 0 Å². The minimum atomic E-state index is 0.920. The Morgan fingerprint density at radius 1 is 1.14 bits per heavy atom. The van der Waals surface area contributed by atoms with Gasteiger partial charge in [-0.3, -0.25) is 4.90 Å². The van der Waals surface area contributed by atoms with Crippen LogP contribution in [-0.4, -0.2) is 18.0 Å². The Bertz CT molecular complexity index is 597. The molecular formula is C18H24N2S. The maximum Gasteiger partial charge on any atom is 0.0411 e. The second-order valence-corrected chi connectivity index (χ2v) is 7.44.